The SMILES string of the molecule is O=C(NCC1CCS(=O)(=O)C1)C1Cc2cc(Cl)ccc2O1. The summed E-state index contributed by atoms with van der Waals surface area (Å²) in [5.74, 6) is 0.873. The van der Waals surface area contributed by atoms with Crippen LogP contribution in [0.15, 0.2) is 18.2 Å². The molecule has 0 spiro atoms. The second kappa shape index (κ2) is 5.50. The number of rotatable bonds is 3. The first-order valence-corrected chi connectivity index (χ1v) is 9.06. The zero-order valence-corrected chi connectivity index (χ0v) is 12.9. The maximum Gasteiger partial charge on any atom is 0.261 e. The zero-order valence-electron chi connectivity index (χ0n) is 11.3. The number of halogens is 1. The number of nitrogens with one attached hydrogen (secondary N) is 1. The lowest BCUT2D eigenvalue weighted by Crippen LogP contribution is -2.40. The highest BCUT2D eigenvalue weighted by Gasteiger charge is 2.31. The molecular weight excluding hydrogens is 314 g/mol. The van der Waals surface area contributed by atoms with Crippen LogP contribution in [0.2, 0.25) is 5.02 Å². The van der Waals surface area contributed by atoms with E-state index < -0.39 is 15.9 Å². The number of ether oxygens (including phenoxy) is 1. The molecule has 0 aromatic heterocycles. The minimum Gasteiger partial charge on any atom is -0.480 e. The van der Waals surface area contributed by atoms with Crippen LogP contribution in [0, 0.1) is 5.92 Å². The van der Waals surface area contributed by atoms with Gasteiger partial charge >= 0.3 is 0 Å². The van der Waals surface area contributed by atoms with Crippen molar-refractivity contribution < 1.29 is 17.9 Å². The van der Waals surface area contributed by atoms with Gasteiger partial charge < -0.3 is 10.1 Å². The Morgan fingerprint density at radius 3 is 2.95 bits per heavy atom. The third-order valence-corrected chi connectivity index (χ3v) is 5.95. The van der Waals surface area contributed by atoms with E-state index in [2.05, 4.69) is 5.32 Å². The number of benzene rings is 1. The molecule has 1 N–H and O–H groups in total. The Morgan fingerprint density at radius 1 is 1.43 bits per heavy atom. The number of carbonyl (C=O) groups is 1. The number of hydrogen-bond donors (Lipinski definition) is 1. The minimum atomic E-state index is -2.91. The Hall–Kier alpha value is -1.27. The van der Waals surface area contributed by atoms with Crippen molar-refractivity contribution in [2.45, 2.75) is 18.9 Å². The molecule has 114 valence electrons. The van der Waals surface area contributed by atoms with Gasteiger partial charge in [0.25, 0.3) is 5.91 Å². The van der Waals surface area contributed by atoms with Gasteiger partial charge in [0.2, 0.25) is 0 Å². The predicted molar refractivity (Wildman–Crippen MR) is 79.3 cm³/mol. The fraction of sp³-hybridized carbons (Fsp3) is 0.500. The molecule has 2 heterocycles. The molecule has 0 aliphatic carbocycles. The average molecular weight is 330 g/mol. The summed E-state index contributed by atoms with van der Waals surface area (Å²) in [6.45, 7) is 0.384. The first-order chi connectivity index (χ1) is 9.93. The minimum absolute atomic E-state index is 0.0113. The third kappa shape index (κ3) is 3.32. The zero-order chi connectivity index (χ0) is 15.0. The number of carbonyl (C=O) groups excluding carboxylic acids is 1. The molecule has 1 fully saturated rings. The topological polar surface area (TPSA) is 72.5 Å². The van der Waals surface area contributed by atoms with Crippen molar-refractivity contribution in [3.8, 4) is 5.75 Å². The second-order valence-electron chi connectivity index (χ2n) is 5.58. The van der Waals surface area contributed by atoms with Crippen LogP contribution in [0.1, 0.15) is 12.0 Å². The van der Waals surface area contributed by atoms with Gasteiger partial charge in [-0.2, -0.15) is 0 Å². The van der Waals surface area contributed by atoms with Gasteiger partial charge in [0, 0.05) is 18.0 Å². The van der Waals surface area contributed by atoms with Crippen molar-refractivity contribution in [3.05, 3.63) is 28.8 Å². The molecule has 5 nitrogen and oxygen atoms in total. The van der Waals surface area contributed by atoms with Gasteiger partial charge in [0.05, 0.1) is 11.5 Å². The molecule has 2 aliphatic heterocycles. The summed E-state index contributed by atoms with van der Waals surface area (Å²) in [5, 5.41) is 3.41. The summed E-state index contributed by atoms with van der Waals surface area (Å²) in [5.41, 5.74) is 0.922. The second-order valence-corrected chi connectivity index (χ2v) is 8.24. The quantitative estimate of drug-likeness (QED) is 0.904. The molecular formula is C14H16ClNO4S. The Balaban J connectivity index is 1.54. The maximum atomic E-state index is 12.1. The largest absolute Gasteiger partial charge is 0.480 e. The first kappa shape index (κ1) is 14.7. The number of hydrogen-bond acceptors (Lipinski definition) is 4. The molecule has 3 rings (SSSR count). The first-order valence-electron chi connectivity index (χ1n) is 6.86. The highest BCUT2D eigenvalue weighted by Crippen LogP contribution is 2.31. The van der Waals surface area contributed by atoms with E-state index in [1.165, 1.54) is 0 Å². The van der Waals surface area contributed by atoms with Crippen LogP contribution < -0.4 is 10.1 Å². The molecule has 1 saturated heterocycles. The Morgan fingerprint density at radius 2 is 2.24 bits per heavy atom. The van der Waals surface area contributed by atoms with Crippen LogP contribution in [-0.2, 0) is 21.1 Å². The van der Waals surface area contributed by atoms with Gasteiger partial charge in [-0.25, -0.2) is 8.42 Å². The molecule has 0 bridgehead atoms. The summed E-state index contributed by atoms with van der Waals surface area (Å²) in [7, 11) is -2.91. The lowest BCUT2D eigenvalue weighted by molar-refractivity contribution is -0.127. The molecule has 7 heteroatoms. The number of fused-ring (bicyclic) bond motifs is 1. The summed E-state index contributed by atoms with van der Waals surface area (Å²) in [4.78, 5) is 12.1. The van der Waals surface area contributed by atoms with Crippen molar-refractivity contribution >= 4 is 27.3 Å². The van der Waals surface area contributed by atoms with E-state index >= 15 is 0 Å². The van der Waals surface area contributed by atoms with Crippen LogP contribution >= 0.6 is 11.6 Å². The van der Waals surface area contributed by atoms with E-state index in [1.807, 2.05) is 0 Å². The highest BCUT2D eigenvalue weighted by molar-refractivity contribution is 7.91. The van der Waals surface area contributed by atoms with Crippen molar-refractivity contribution in [1.82, 2.24) is 5.32 Å². The van der Waals surface area contributed by atoms with Crippen LogP contribution in [0.5, 0.6) is 5.75 Å². The van der Waals surface area contributed by atoms with Crippen LogP contribution in [0.25, 0.3) is 0 Å². The number of sulfone groups is 1. The highest BCUT2D eigenvalue weighted by atomic mass is 35.5. The van der Waals surface area contributed by atoms with Crippen LogP contribution in [0.3, 0.4) is 0 Å². The van der Waals surface area contributed by atoms with E-state index in [-0.39, 0.29) is 23.3 Å². The molecule has 2 unspecified atom stereocenters. The summed E-state index contributed by atoms with van der Waals surface area (Å²) in [6.07, 6.45) is 0.547. The Kier molecular flexibility index (Phi) is 3.84. The average Bonchev–Trinajstić information content (AvgIpc) is 2.98. The normalized spacial score (nSPS) is 26.1. The molecule has 1 amide bonds. The standard InChI is InChI=1S/C14H16ClNO4S/c15-11-1-2-12-10(5-11)6-13(20-12)14(17)16-7-9-3-4-21(18,19)8-9/h1-2,5,9,13H,3-4,6-8H2,(H,16,17). The van der Waals surface area contributed by atoms with Gasteiger partial charge in [0.15, 0.2) is 15.9 Å². The Labute approximate surface area is 128 Å². The van der Waals surface area contributed by atoms with Gasteiger partial charge in [-0.1, -0.05) is 11.6 Å². The smallest absolute Gasteiger partial charge is 0.261 e. The molecule has 0 saturated carbocycles. The molecule has 2 atom stereocenters. The van der Waals surface area contributed by atoms with E-state index in [1.54, 1.807) is 18.2 Å². The fourth-order valence-corrected chi connectivity index (χ4v) is 4.81. The third-order valence-electron chi connectivity index (χ3n) is 3.88. The van der Waals surface area contributed by atoms with Gasteiger partial charge in [-0.3, -0.25) is 4.79 Å². The van der Waals surface area contributed by atoms with Gasteiger partial charge in [-0.05, 0) is 36.1 Å². The molecule has 0 radical (unpaired) electrons. The van der Waals surface area contributed by atoms with E-state index in [9.17, 15) is 13.2 Å². The molecule has 21 heavy (non-hydrogen) atoms. The van der Waals surface area contributed by atoms with Gasteiger partial charge in [0.1, 0.15) is 5.75 Å². The maximum absolute atomic E-state index is 12.1. The van der Waals surface area contributed by atoms with Crippen molar-refractivity contribution in [3.63, 3.8) is 0 Å². The van der Waals surface area contributed by atoms with E-state index in [0.717, 1.165) is 5.56 Å². The Bertz CT molecular complexity index is 674. The lowest BCUT2D eigenvalue weighted by Gasteiger charge is -2.13. The van der Waals surface area contributed by atoms with Crippen molar-refractivity contribution in [2.24, 2.45) is 5.92 Å². The van der Waals surface area contributed by atoms with Crippen molar-refractivity contribution in [2.75, 3.05) is 18.1 Å². The van der Waals surface area contributed by atoms with E-state index in [0.29, 0.717) is 30.2 Å². The fourth-order valence-electron chi connectivity index (χ4n) is 2.76. The van der Waals surface area contributed by atoms with Crippen LogP contribution in [0.4, 0.5) is 0 Å². The van der Waals surface area contributed by atoms with Crippen molar-refractivity contribution in [1.29, 1.82) is 0 Å². The summed E-state index contributed by atoms with van der Waals surface area (Å²) in [6, 6.07) is 5.28. The van der Waals surface area contributed by atoms with E-state index in [4.69, 9.17) is 16.3 Å². The summed E-state index contributed by atoms with van der Waals surface area (Å²) >= 11 is 5.91. The lowest BCUT2D eigenvalue weighted by atomic mass is 10.1. The van der Waals surface area contributed by atoms with Crippen LogP contribution in [-0.4, -0.2) is 38.5 Å². The number of amides is 1. The molecule has 1 aromatic rings. The monoisotopic (exact) mass is 329 g/mol. The molecule has 1 aromatic carbocycles. The summed E-state index contributed by atoms with van der Waals surface area (Å²) < 4.78 is 28.3. The predicted octanol–water partition coefficient (Wildman–Crippen LogP) is 1.19. The van der Waals surface area contributed by atoms with Gasteiger partial charge in [-0.15, -0.1) is 0 Å². The molecule has 2 aliphatic rings.